The second kappa shape index (κ2) is 6.88. The van der Waals surface area contributed by atoms with Crippen LogP contribution in [0.3, 0.4) is 0 Å². The molecule has 0 saturated carbocycles. The number of likely N-dealkylation sites (tertiary alicyclic amines) is 1. The van der Waals surface area contributed by atoms with E-state index in [2.05, 4.69) is 47.4 Å². The number of aryl methyl sites for hydroxylation is 2. The van der Waals surface area contributed by atoms with E-state index in [1.807, 2.05) is 24.1 Å². The lowest BCUT2D eigenvalue weighted by Gasteiger charge is -2.30. The van der Waals surface area contributed by atoms with Gasteiger partial charge in [0.15, 0.2) is 0 Å². The maximum Gasteiger partial charge on any atom is 0.228 e. The summed E-state index contributed by atoms with van der Waals surface area (Å²) in [6.07, 6.45) is 6.10. The molecular weight excluding hydrogens is 324 g/mol. The molecule has 26 heavy (non-hydrogen) atoms. The van der Waals surface area contributed by atoms with Crippen LogP contribution in [0.15, 0.2) is 30.6 Å². The Morgan fingerprint density at radius 3 is 2.88 bits per heavy atom. The summed E-state index contributed by atoms with van der Waals surface area (Å²) in [6, 6.07) is 6.69. The van der Waals surface area contributed by atoms with Crippen LogP contribution >= 0.6 is 0 Å². The van der Waals surface area contributed by atoms with Crippen molar-refractivity contribution in [1.29, 1.82) is 0 Å². The molecule has 0 bridgehead atoms. The monoisotopic (exact) mass is 352 g/mol. The van der Waals surface area contributed by atoms with Gasteiger partial charge in [0, 0.05) is 38.8 Å². The van der Waals surface area contributed by atoms with Crippen LogP contribution < -0.4 is 5.32 Å². The second-order valence-electron chi connectivity index (χ2n) is 7.80. The average Bonchev–Trinajstić information content (AvgIpc) is 3.36. The lowest BCUT2D eigenvalue weighted by molar-refractivity contribution is -0.136. The number of nitrogens with zero attached hydrogens (tertiary/aromatic N) is 3. The molecule has 0 radical (unpaired) electrons. The molecule has 2 aliphatic rings. The number of hydrogen-bond acceptors (Lipinski definition) is 3. The van der Waals surface area contributed by atoms with Crippen molar-refractivity contribution < 1.29 is 4.79 Å². The van der Waals surface area contributed by atoms with Gasteiger partial charge < -0.3 is 10.2 Å². The van der Waals surface area contributed by atoms with Gasteiger partial charge in [-0.2, -0.15) is 5.10 Å². The SMILES string of the molecule is Cc1cccc(C2CCCN2C(=O)[C@H]2CNC[C@@H]2c2cnn(C)c2)c1C. The zero-order chi connectivity index (χ0) is 18.3. The Balaban J connectivity index is 1.59. The third-order valence-electron chi connectivity index (χ3n) is 6.23. The van der Waals surface area contributed by atoms with Crippen LogP contribution in [0.1, 0.15) is 47.1 Å². The Kier molecular flexibility index (Phi) is 4.57. The fourth-order valence-corrected chi connectivity index (χ4v) is 4.62. The molecule has 2 aliphatic heterocycles. The summed E-state index contributed by atoms with van der Waals surface area (Å²) in [5.74, 6) is 0.522. The summed E-state index contributed by atoms with van der Waals surface area (Å²) in [4.78, 5) is 15.6. The highest BCUT2D eigenvalue weighted by atomic mass is 16.2. The van der Waals surface area contributed by atoms with E-state index in [-0.39, 0.29) is 17.9 Å². The number of carbonyl (C=O) groups is 1. The molecule has 1 N–H and O–H groups in total. The number of amides is 1. The van der Waals surface area contributed by atoms with Gasteiger partial charge in [0.05, 0.1) is 18.2 Å². The maximum absolute atomic E-state index is 13.5. The highest BCUT2D eigenvalue weighted by Gasteiger charge is 2.40. The number of nitrogens with one attached hydrogen (secondary N) is 1. The van der Waals surface area contributed by atoms with Crippen molar-refractivity contribution in [2.45, 2.75) is 38.6 Å². The number of benzene rings is 1. The Hall–Kier alpha value is -2.14. The third kappa shape index (κ3) is 2.94. The van der Waals surface area contributed by atoms with Crippen molar-refractivity contribution in [2.24, 2.45) is 13.0 Å². The van der Waals surface area contributed by atoms with Gasteiger partial charge in [-0.15, -0.1) is 0 Å². The molecule has 0 spiro atoms. The van der Waals surface area contributed by atoms with Gasteiger partial charge in [0.2, 0.25) is 5.91 Å². The first-order valence-electron chi connectivity index (χ1n) is 9.62. The molecule has 2 saturated heterocycles. The summed E-state index contributed by atoms with van der Waals surface area (Å²) in [5.41, 5.74) is 5.11. The van der Waals surface area contributed by atoms with E-state index in [9.17, 15) is 4.79 Å². The van der Waals surface area contributed by atoms with E-state index < -0.39 is 0 Å². The van der Waals surface area contributed by atoms with Gasteiger partial charge in [-0.05, 0) is 48.9 Å². The quantitative estimate of drug-likeness (QED) is 0.924. The summed E-state index contributed by atoms with van der Waals surface area (Å²) in [7, 11) is 1.93. The van der Waals surface area contributed by atoms with Crippen LogP contribution in [0.4, 0.5) is 0 Å². The van der Waals surface area contributed by atoms with Crippen molar-refractivity contribution in [2.75, 3.05) is 19.6 Å². The van der Waals surface area contributed by atoms with Crippen molar-refractivity contribution in [3.05, 3.63) is 52.8 Å². The molecular formula is C21H28N4O. The molecule has 1 unspecified atom stereocenters. The lowest BCUT2D eigenvalue weighted by Crippen LogP contribution is -2.38. The number of carbonyl (C=O) groups excluding carboxylic acids is 1. The van der Waals surface area contributed by atoms with Crippen molar-refractivity contribution >= 4 is 5.91 Å². The predicted molar refractivity (Wildman–Crippen MR) is 102 cm³/mol. The van der Waals surface area contributed by atoms with Gasteiger partial charge >= 0.3 is 0 Å². The van der Waals surface area contributed by atoms with Crippen molar-refractivity contribution in [3.63, 3.8) is 0 Å². The van der Waals surface area contributed by atoms with Gasteiger partial charge in [0.1, 0.15) is 0 Å². The van der Waals surface area contributed by atoms with E-state index in [0.717, 1.165) is 32.5 Å². The predicted octanol–water partition coefficient (Wildman–Crippen LogP) is 2.70. The minimum absolute atomic E-state index is 0.00455. The fourth-order valence-electron chi connectivity index (χ4n) is 4.62. The van der Waals surface area contributed by atoms with Gasteiger partial charge in [-0.1, -0.05) is 18.2 Å². The molecule has 0 aliphatic carbocycles. The van der Waals surface area contributed by atoms with Gasteiger partial charge in [0.25, 0.3) is 0 Å². The maximum atomic E-state index is 13.5. The molecule has 2 aromatic rings. The first kappa shape index (κ1) is 17.3. The number of aromatic nitrogens is 2. The highest BCUT2D eigenvalue weighted by Crippen LogP contribution is 2.38. The Bertz CT molecular complexity index is 812. The molecule has 4 rings (SSSR count). The zero-order valence-corrected chi connectivity index (χ0v) is 15.9. The van der Waals surface area contributed by atoms with E-state index in [4.69, 9.17) is 0 Å². The normalized spacial score (nSPS) is 25.8. The fraction of sp³-hybridized carbons (Fsp3) is 0.524. The van der Waals surface area contributed by atoms with E-state index in [0.29, 0.717) is 5.91 Å². The van der Waals surface area contributed by atoms with Crippen LogP contribution in [0.2, 0.25) is 0 Å². The van der Waals surface area contributed by atoms with Crippen molar-refractivity contribution in [1.82, 2.24) is 20.0 Å². The highest BCUT2D eigenvalue weighted by molar-refractivity contribution is 5.81. The molecule has 5 heteroatoms. The molecule has 1 aromatic heterocycles. The molecule has 1 aromatic carbocycles. The first-order chi connectivity index (χ1) is 12.6. The van der Waals surface area contributed by atoms with Crippen LogP contribution in [0.5, 0.6) is 0 Å². The van der Waals surface area contributed by atoms with E-state index in [1.54, 1.807) is 0 Å². The third-order valence-corrected chi connectivity index (χ3v) is 6.23. The smallest absolute Gasteiger partial charge is 0.228 e. The van der Waals surface area contributed by atoms with Crippen molar-refractivity contribution in [3.8, 4) is 0 Å². The summed E-state index contributed by atoms with van der Waals surface area (Å²) < 4.78 is 1.82. The first-order valence-corrected chi connectivity index (χ1v) is 9.62. The van der Waals surface area contributed by atoms with E-state index in [1.165, 1.54) is 22.3 Å². The number of hydrogen-bond donors (Lipinski definition) is 1. The van der Waals surface area contributed by atoms with Crippen LogP contribution in [-0.4, -0.2) is 40.2 Å². The Morgan fingerprint density at radius 2 is 2.12 bits per heavy atom. The molecule has 3 heterocycles. The largest absolute Gasteiger partial charge is 0.335 e. The van der Waals surface area contributed by atoms with E-state index >= 15 is 0 Å². The Morgan fingerprint density at radius 1 is 1.27 bits per heavy atom. The summed E-state index contributed by atoms with van der Waals surface area (Å²) >= 11 is 0. The van der Waals surface area contributed by atoms with Crippen LogP contribution in [-0.2, 0) is 11.8 Å². The standard InChI is InChI=1S/C21H28N4O/c1-14-6-4-7-17(15(14)2)20-8-5-9-25(20)21(26)19-12-22-11-18(19)16-10-23-24(3)13-16/h4,6-7,10,13,18-20,22H,5,8-9,11-12H2,1-3H3/t18-,19+,20?/m1/s1. The average molecular weight is 352 g/mol. The lowest BCUT2D eigenvalue weighted by atomic mass is 9.89. The van der Waals surface area contributed by atoms with Crippen LogP contribution in [0.25, 0.3) is 0 Å². The summed E-state index contributed by atoms with van der Waals surface area (Å²) in [5, 5.41) is 7.73. The molecule has 2 fully saturated rings. The van der Waals surface area contributed by atoms with Gasteiger partial charge in [-0.25, -0.2) is 0 Å². The van der Waals surface area contributed by atoms with Crippen LogP contribution in [0, 0.1) is 19.8 Å². The molecule has 138 valence electrons. The number of rotatable bonds is 3. The van der Waals surface area contributed by atoms with Gasteiger partial charge in [-0.3, -0.25) is 9.48 Å². The zero-order valence-electron chi connectivity index (χ0n) is 15.9. The molecule has 1 amide bonds. The topological polar surface area (TPSA) is 50.2 Å². The minimum atomic E-state index is 0.00455. The Labute approximate surface area is 155 Å². The second-order valence-corrected chi connectivity index (χ2v) is 7.80. The minimum Gasteiger partial charge on any atom is -0.335 e. The molecule has 5 nitrogen and oxygen atoms in total. The summed E-state index contributed by atoms with van der Waals surface area (Å²) in [6.45, 7) is 6.81. The molecule has 3 atom stereocenters.